The zero-order valence-electron chi connectivity index (χ0n) is 16.3. The Morgan fingerprint density at radius 2 is 1.67 bits per heavy atom. The highest BCUT2D eigenvalue weighted by Gasteiger charge is 2.21. The van der Waals surface area contributed by atoms with Crippen molar-refractivity contribution >= 4 is 10.0 Å². The number of hydrogen-bond donors (Lipinski definition) is 1. The average Bonchev–Trinajstić information content (AvgIpc) is 3.14. The lowest BCUT2D eigenvalue weighted by Gasteiger charge is -2.08. The lowest BCUT2D eigenvalue weighted by atomic mass is 10.0. The number of aromatic nitrogens is 2. The minimum Gasteiger partial charge on any atom is -0.267 e. The maximum Gasteiger partial charge on any atom is 0.238 e. The van der Waals surface area contributed by atoms with E-state index in [2.05, 4.69) is 5.10 Å². The van der Waals surface area contributed by atoms with Crippen molar-refractivity contribution in [2.24, 2.45) is 5.14 Å². The summed E-state index contributed by atoms with van der Waals surface area (Å²) in [4.78, 5) is -0.0243. The molecule has 30 heavy (non-hydrogen) atoms. The molecule has 152 valence electrons. The van der Waals surface area contributed by atoms with Crippen LogP contribution in [0.5, 0.6) is 0 Å². The van der Waals surface area contributed by atoms with E-state index in [1.165, 1.54) is 12.1 Å². The minimum atomic E-state index is -3.97. The molecular formula is C23H20FN3O2S. The van der Waals surface area contributed by atoms with Crippen LogP contribution < -0.4 is 5.14 Å². The molecule has 0 unspecified atom stereocenters. The van der Waals surface area contributed by atoms with Crippen LogP contribution in [-0.4, -0.2) is 18.2 Å². The van der Waals surface area contributed by atoms with Gasteiger partial charge in [-0.3, -0.25) is 4.68 Å². The second-order valence-corrected chi connectivity index (χ2v) is 8.61. The van der Waals surface area contributed by atoms with Crippen molar-refractivity contribution in [1.82, 2.24) is 9.78 Å². The first-order valence-electron chi connectivity index (χ1n) is 9.33. The summed E-state index contributed by atoms with van der Waals surface area (Å²) in [6, 6.07) is 21.1. The Hall–Kier alpha value is -3.29. The Kier molecular flexibility index (Phi) is 5.24. The maximum atomic E-state index is 14.3. The van der Waals surface area contributed by atoms with Crippen LogP contribution in [0.15, 0.2) is 83.9 Å². The van der Waals surface area contributed by atoms with Gasteiger partial charge < -0.3 is 0 Å². The Morgan fingerprint density at radius 3 is 2.37 bits per heavy atom. The number of nitrogens with two attached hydrogens (primary N) is 1. The third-order valence-electron chi connectivity index (χ3n) is 4.88. The van der Waals surface area contributed by atoms with E-state index in [1.54, 1.807) is 48.1 Å². The molecule has 1 heterocycles. The quantitative estimate of drug-likeness (QED) is 0.520. The van der Waals surface area contributed by atoms with Crippen molar-refractivity contribution in [3.8, 4) is 22.4 Å². The third kappa shape index (κ3) is 4.03. The summed E-state index contributed by atoms with van der Waals surface area (Å²) in [6.45, 7) is 2.18. The molecule has 7 heteroatoms. The topological polar surface area (TPSA) is 78.0 Å². The zero-order valence-corrected chi connectivity index (χ0v) is 17.1. The van der Waals surface area contributed by atoms with Gasteiger partial charge in [0.2, 0.25) is 10.0 Å². The van der Waals surface area contributed by atoms with Crippen LogP contribution in [-0.2, 0) is 16.6 Å². The number of hydrogen-bond acceptors (Lipinski definition) is 3. The molecule has 5 nitrogen and oxygen atoms in total. The molecule has 4 aromatic rings. The van der Waals surface area contributed by atoms with E-state index in [1.807, 2.05) is 30.3 Å². The lowest BCUT2D eigenvalue weighted by molar-refractivity contribution is 0.598. The first-order chi connectivity index (χ1) is 14.3. The van der Waals surface area contributed by atoms with E-state index < -0.39 is 10.0 Å². The van der Waals surface area contributed by atoms with Crippen molar-refractivity contribution in [1.29, 1.82) is 0 Å². The SMILES string of the molecule is Cc1ccc(-c2cn(Cc3ccccc3)nc2-c2ccccc2S(N)(=O)=O)cc1F. The number of primary sulfonamides is 1. The molecule has 0 spiro atoms. The molecule has 0 fully saturated rings. The number of halogens is 1. The van der Waals surface area contributed by atoms with Gasteiger partial charge in [-0.25, -0.2) is 17.9 Å². The first-order valence-corrected chi connectivity index (χ1v) is 10.9. The molecule has 2 N–H and O–H groups in total. The van der Waals surface area contributed by atoms with Gasteiger partial charge in [0.1, 0.15) is 11.5 Å². The predicted molar refractivity (Wildman–Crippen MR) is 115 cm³/mol. The summed E-state index contributed by atoms with van der Waals surface area (Å²) >= 11 is 0. The molecular weight excluding hydrogens is 401 g/mol. The second kappa shape index (κ2) is 7.85. The maximum absolute atomic E-state index is 14.3. The Bertz CT molecular complexity index is 1320. The molecule has 0 saturated carbocycles. The zero-order chi connectivity index (χ0) is 21.3. The second-order valence-electron chi connectivity index (χ2n) is 7.08. The fraction of sp³-hybridized carbons (Fsp3) is 0.0870. The van der Waals surface area contributed by atoms with Gasteiger partial charge in [0.15, 0.2) is 0 Å². The highest BCUT2D eigenvalue weighted by Crippen LogP contribution is 2.35. The monoisotopic (exact) mass is 421 g/mol. The summed E-state index contributed by atoms with van der Waals surface area (Å²) in [6.07, 6.45) is 1.80. The molecule has 0 bridgehead atoms. The van der Waals surface area contributed by atoms with Crippen molar-refractivity contribution in [3.63, 3.8) is 0 Å². The van der Waals surface area contributed by atoms with E-state index >= 15 is 0 Å². The van der Waals surface area contributed by atoms with Gasteiger partial charge in [0.05, 0.1) is 11.4 Å². The summed E-state index contributed by atoms with van der Waals surface area (Å²) in [5, 5.41) is 10.1. The average molecular weight is 421 g/mol. The predicted octanol–water partition coefficient (Wildman–Crippen LogP) is 4.36. The van der Waals surface area contributed by atoms with Gasteiger partial charge in [-0.05, 0) is 35.7 Å². The molecule has 0 amide bonds. The molecule has 0 radical (unpaired) electrons. The smallest absolute Gasteiger partial charge is 0.238 e. The molecule has 0 aliphatic heterocycles. The summed E-state index contributed by atoms with van der Waals surface area (Å²) < 4.78 is 40.3. The van der Waals surface area contributed by atoms with E-state index in [9.17, 15) is 12.8 Å². The third-order valence-corrected chi connectivity index (χ3v) is 5.85. The highest BCUT2D eigenvalue weighted by molar-refractivity contribution is 7.89. The molecule has 3 aromatic carbocycles. The number of sulfonamides is 1. The number of rotatable bonds is 5. The van der Waals surface area contributed by atoms with Crippen LogP contribution >= 0.6 is 0 Å². The molecule has 0 atom stereocenters. The van der Waals surface area contributed by atoms with Crippen LogP contribution in [0, 0.1) is 12.7 Å². The lowest BCUT2D eigenvalue weighted by Crippen LogP contribution is -2.13. The molecule has 0 saturated heterocycles. The normalized spacial score (nSPS) is 11.6. The van der Waals surface area contributed by atoms with Gasteiger partial charge in [-0.15, -0.1) is 0 Å². The fourth-order valence-corrected chi connectivity index (χ4v) is 4.09. The standard InChI is InChI=1S/C23H20FN3O2S/c1-16-11-12-18(13-21(16)24)20-15-27(14-17-7-3-2-4-8-17)26-23(20)19-9-5-6-10-22(19)30(25,28)29/h2-13,15H,14H2,1H3,(H2,25,28,29). The molecule has 1 aromatic heterocycles. The van der Waals surface area contributed by atoms with Gasteiger partial charge in [0.25, 0.3) is 0 Å². The van der Waals surface area contributed by atoms with E-state index in [0.717, 1.165) is 5.56 Å². The number of nitrogens with zero attached hydrogens (tertiary/aromatic N) is 2. The summed E-state index contributed by atoms with van der Waals surface area (Å²) in [5.41, 5.74) is 3.61. The van der Waals surface area contributed by atoms with Crippen molar-refractivity contribution in [2.45, 2.75) is 18.4 Å². The Balaban J connectivity index is 1.92. The number of benzene rings is 3. The van der Waals surface area contributed by atoms with E-state index in [0.29, 0.717) is 34.5 Å². The Labute approximate surface area is 174 Å². The van der Waals surface area contributed by atoms with Gasteiger partial charge in [-0.2, -0.15) is 5.10 Å². The van der Waals surface area contributed by atoms with Crippen molar-refractivity contribution in [2.75, 3.05) is 0 Å². The van der Waals surface area contributed by atoms with E-state index in [-0.39, 0.29) is 10.7 Å². The Morgan fingerprint density at radius 1 is 0.967 bits per heavy atom. The minimum absolute atomic E-state index is 0.0243. The van der Waals surface area contributed by atoms with Crippen LogP contribution in [0.25, 0.3) is 22.4 Å². The van der Waals surface area contributed by atoms with Crippen LogP contribution in [0.2, 0.25) is 0 Å². The summed E-state index contributed by atoms with van der Waals surface area (Å²) in [7, 11) is -3.97. The van der Waals surface area contributed by atoms with Crippen LogP contribution in [0.4, 0.5) is 4.39 Å². The van der Waals surface area contributed by atoms with Gasteiger partial charge >= 0.3 is 0 Å². The van der Waals surface area contributed by atoms with Crippen LogP contribution in [0.3, 0.4) is 0 Å². The molecule has 4 rings (SSSR count). The first kappa shape index (κ1) is 20.0. The van der Waals surface area contributed by atoms with Crippen LogP contribution in [0.1, 0.15) is 11.1 Å². The molecule has 0 aliphatic carbocycles. The molecule has 0 aliphatic rings. The van der Waals surface area contributed by atoms with Crippen molar-refractivity contribution in [3.05, 3.63) is 95.9 Å². The fourth-order valence-electron chi connectivity index (χ4n) is 3.35. The highest BCUT2D eigenvalue weighted by atomic mass is 32.2. The van der Waals surface area contributed by atoms with Gasteiger partial charge in [0, 0.05) is 17.3 Å². The summed E-state index contributed by atoms with van der Waals surface area (Å²) in [5.74, 6) is -0.339. The van der Waals surface area contributed by atoms with Gasteiger partial charge in [-0.1, -0.05) is 60.7 Å². The number of aryl methyl sites for hydroxylation is 1. The van der Waals surface area contributed by atoms with E-state index in [4.69, 9.17) is 5.14 Å². The van der Waals surface area contributed by atoms with Crippen molar-refractivity contribution < 1.29 is 12.8 Å². The largest absolute Gasteiger partial charge is 0.267 e.